The minimum Gasteiger partial charge on any atom is -0.392 e. The molecule has 0 heterocycles. The number of carbonyl (C=O) groups excluding carboxylic acids is 2. The van der Waals surface area contributed by atoms with Crippen molar-refractivity contribution in [2.75, 3.05) is 10.6 Å². The second-order valence-electron chi connectivity index (χ2n) is 4.64. The lowest BCUT2D eigenvalue weighted by Gasteiger charge is -2.13. The number of nitrogens with one attached hydrogen (secondary N) is 1. The van der Waals surface area contributed by atoms with E-state index in [1.54, 1.807) is 18.2 Å². The minimum absolute atomic E-state index is 0.0125. The van der Waals surface area contributed by atoms with Crippen LogP contribution in [0.25, 0.3) is 0 Å². The molecule has 7 heteroatoms. The summed E-state index contributed by atoms with van der Waals surface area (Å²) in [6, 6.07) is 8.58. The first-order valence-electron chi connectivity index (χ1n) is 6.56. The van der Waals surface area contributed by atoms with Crippen molar-refractivity contribution in [1.82, 2.24) is 0 Å². The van der Waals surface area contributed by atoms with Gasteiger partial charge in [0.2, 0.25) is 5.91 Å². The van der Waals surface area contributed by atoms with Crippen LogP contribution in [0.3, 0.4) is 0 Å². The van der Waals surface area contributed by atoms with Crippen LogP contribution >= 0.6 is 27.5 Å². The second-order valence-corrected chi connectivity index (χ2v) is 5.61. The Bertz CT molecular complexity index is 767. The lowest BCUT2D eigenvalue weighted by molar-refractivity contribution is -0.113. The summed E-state index contributed by atoms with van der Waals surface area (Å²) >= 11 is 9.00. The van der Waals surface area contributed by atoms with Gasteiger partial charge in [-0.15, -0.1) is 0 Å². The molecule has 2 N–H and O–H groups in total. The Morgan fingerprint density at radius 3 is 2.52 bits per heavy atom. The van der Waals surface area contributed by atoms with E-state index >= 15 is 0 Å². The van der Waals surface area contributed by atoms with E-state index in [0.29, 0.717) is 0 Å². The SMILES string of the molecule is O=C(CBr)Nc1cc(CO)c(F)cc1C(=O)c1ccccc1Cl. The summed E-state index contributed by atoms with van der Waals surface area (Å²) in [5.41, 5.74) is 0.247. The Kier molecular flexibility index (Phi) is 5.87. The van der Waals surface area contributed by atoms with Crippen LogP contribution < -0.4 is 5.32 Å². The maximum atomic E-state index is 14.0. The molecule has 0 aromatic heterocycles. The van der Waals surface area contributed by atoms with Crippen molar-refractivity contribution >= 4 is 44.9 Å². The highest BCUT2D eigenvalue weighted by Gasteiger charge is 2.20. The Labute approximate surface area is 145 Å². The van der Waals surface area contributed by atoms with E-state index in [2.05, 4.69) is 21.2 Å². The summed E-state index contributed by atoms with van der Waals surface area (Å²) in [7, 11) is 0. The summed E-state index contributed by atoms with van der Waals surface area (Å²) in [4.78, 5) is 24.2. The molecule has 0 spiro atoms. The average Bonchev–Trinajstić information content (AvgIpc) is 2.55. The third kappa shape index (κ3) is 3.96. The van der Waals surface area contributed by atoms with Crippen LogP contribution in [0.4, 0.5) is 10.1 Å². The van der Waals surface area contributed by atoms with Gasteiger partial charge in [0.1, 0.15) is 5.82 Å². The minimum atomic E-state index is -0.736. The summed E-state index contributed by atoms with van der Waals surface area (Å²) in [6.45, 7) is -0.552. The van der Waals surface area contributed by atoms with Crippen LogP contribution in [-0.2, 0) is 11.4 Å². The fourth-order valence-electron chi connectivity index (χ4n) is 2.00. The molecule has 2 aromatic carbocycles. The highest BCUT2D eigenvalue weighted by atomic mass is 79.9. The zero-order chi connectivity index (χ0) is 17.0. The van der Waals surface area contributed by atoms with Crippen LogP contribution in [0.1, 0.15) is 21.5 Å². The molecule has 0 saturated carbocycles. The molecule has 0 aliphatic heterocycles. The van der Waals surface area contributed by atoms with Crippen LogP contribution in [-0.4, -0.2) is 22.1 Å². The van der Waals surface area contributed by atoms with Gasteiger partial charge in [0.15, 0.2) is 5.78 Å². The quantitative estimate of drug-likeness (QED) is 0.596. The van der Waals surface area contributed by atoms with Gasteiger partial charge in [0.05, 0.1) is 22.6 Å². The van der Waals surface area contributed by atoms with Crippen LogP contribution in [0.5, 0.6) is 0 Å². The van der Waals surface area contributed by atoms with Crippen molar-refractivity contribution in [3.05, 3.63) is 63.9 Å². The maximum Gasteiger partial charge on any atom is 0.235 e. The highest BCUT2D eigenvalue weighted by Crippen LogP contribution is 2.26. The first-order valence-corrected chi connectivity index (χ1v) is 8.06. The lowest BCUT2D eigenvalue weighted by atomic mass is 9.99. The van der Waals surface area contributed by atoms with E-state index < -0.39 is 24.1 Å². The number of aliphatic hydroxyl groups is 1. The number of aliphatic hydroxyl groups excluding tert-OH is 1. The number of halogens is 3. The molecular weight excluding hydrogens is 389 g/mol. The predicted molar refractivity (Wildman–Crippen MR) is 89.6 cm³/mol. The number of rotatable bonds is 5. The Morgan fingerprint density at radius 1 is 1.22 bits per heavy atom. The number of ketones is 1. The zero-order valence-electron chi connectivity index (χ0n) is 11.8. The van der Waals surface area contributed by atoms with Gasteiger partial charge in [-0.25, -0.2) is 4.39 Å². The molecule has 0 atom stereocenters. The molecule has 0 bridgehead atoms. The van der Waals surface area contributed by atoms with E-state index in [0.717, 1.165) is 6.07 Å². The van der Waals surface area contributed by atoms with Gasteiger partial charge in [-0.05, 0) is 24.3 Å². The zero-order valence-corrected chi connectivity index (χ0v) is 14.1. The van der Waals surface area contributed by atoms with E-state index in [1.165, 1.54) is 12.1 Å². The van der Waals surface area contributed by atoms with Gasteiger partial charge >= 0.3 is 0 Å². The van der Waals surface area contributed by atoms with E-state index in [9.17, 15) is 14.0 Å². The topological polar surface area (TPSA) is 66.4 Å². The number of hydrogen-bond donors (Lipinski definition) is 2. The molecule has 0 aliphatic carbocycles. The van der Waals surface area contributed by atoms with E-state index in [1.807, 2.05) is 0 Å². The predicted octanol–water partition coefficient (Wildman–Crippen LogP) is 3.54. The van der Waals surface area contributed by atoms with Crippen molar-refractivity contribution in [1.29, 1.82) is 0 Å². The first-order chi connectivity index (χ1) is 11.0. The highest BCUT2D eigenvalue weighted by molar-refractivity contribution is 9.09. The van der Waals surface area contributed by atoms with E-state index in [-0.39, 0.29) is 32.7 Å². The van der Waals surface area contributed by atoms with Crippen molar-refractivity contribution in [3.8, 4) is 0 Å². The monoisotopic (exact) mass is 399 g/mol. The maximum absolute atomic E-state index is 14.0. The van der Waals surface area contributed by atoms with Gasteiger partial charge in [-0.2, -0.15) is 0 Å². The lowest BCUT2D eigenvalue weighted by Crippen LogP contribution is -2.17. The molecule has 0 radical (unpaired) electrons. The fourth-order valence-corrected chi connectivity index (χ4v) is 2.37. The number of hydrogen-bond acceptors (Lipinski definition) is 3. The Morgan fingerprint density at radius 2 is 1.91 bits per heavy atom. The van der Waals surface area contributed by atoms with Gasteiger partial charge in [0.25, 0.3) is 0 Å². The van der Waals surface area contributed by atoms with Crippen molar-refractivity contribution in [2.24, 2.45) is 0 Å². The second kappa shape index (κ2) is 7.68. The fraction of sp³-hybridized carbons (Fsp3) is 0.125. The van der Waals surface area contributed by atoms with Crippen LogP contribution in [0.2, 0.25) is 5.02 Å². The van der Waals surface area contributed by atoms with Crippen molar-refractivity contribution in [3.63, 3.8) is 0 Å². The number of benzene rings is 2. The molecule has 4 nitrogen and oxygen atoms in total. The third-order valence-corrected chi connectivity index (χ3v) is 3.95. The van der Waals surface area contributed by atoms with Gasteiger partial charge in [0, 0.05) is 16.7 Å². The Balaban J connectivity index is 2.55. The summed E-state index contributed by atoms with van der Waals surface area (Å²) in [5.74, 6) is -1.67. The summed E-state index contributed by atoms with van der Waals surface area (Å²) in [5, 5.41) is 11.9. The number of carbonyl (C=O) groups is 2. The largest absolute Gasteiger partial charge is 0.392 e. The van der Waals surface area contributed by atoms with E-state index in [4.69, 9.17) is 16.7 Å². The van der Waals surface area contributed by atoms with Crippen LogP contribution in [0.15, 0.2) is 36.4 Å². The number of amides is 1. The molecular formula is C16H12BrClFNO3. The molecule has 0 fully saturated rings. The summed E-state index contributed by atoms with van der Waals surface area (Å²) < 4.78 is 14.0. The standard InChI is InChI=1S/C16H12BrClFNO3/c17-7-15(22)20-14-5-9(8-21)13(19)6-11(14)16(23)10-3-1-2-4-12(10)18/h1-6,21H,7-8H2,(H,20,22). The molecule has 0 unspecified atom stereocenters. The number of anilines is 1. The normalized spacial score (nSPS) is 10.4. The average molecular weight is 401 g/mol. The molecule has 23 heavy (non-hydrogen) atoms. The molecule has 1 amide bonds. The Hall–Kier alpha value is -1.76. The number of alkyl halides is 1. The molecule has 2 rings (SSSR count). The van der Waals surface area contributed by atoms with Gasteiger partial charge < -0.3 is 10.4 Å². The molecule has 0 aliphatic rings. The molecule has 2 aromatic rings. The van der Waals surface area contributed by atoms with Crippen molar-refractivity contribution in [2.45, 2.75) is 6.61 Å². The first kappa shape index (κ1) is 17.6. The van der Waals surface area contributed by atoms with Crippen molar-refractivity contribution < 1.29 is 19.1 Å². The third-order valence-electron chi connectivity index (χ3n) is 3.12. The smallest absolute Gasteiger partial charge is 0.235 e. The molecule has 0 saturated heterocycles. The van der Waals surface area contributed by atoms with Gasteiger partial charge in [-0.3, -0.25) is 9.59 Å². The van der Waals surface area contributed by atoms with Crippen LogP contribution in [0, 0.1) is 5.82 Å². The van der Waals surface area contributed by atoms with Gasteiger partial charge in [-0.1, -0.05) is 39.7 Å². The summed E-state index contributed by atoms with van der Waals surface area (Å²) in [6.07, 6.45) is 0. The molecule has 120 valence electrons.